The predicted molar refractivity (Wildman–Crippen MR) is 99.6 cm³/mol. The summed E-state index contributed by atoms with van der Waals surface area (Å²) >= 11 is 3.37. The van der Waals surface area contributed by atoms with Crippen molar-refractivity contribution in [3.63, 3.8) is 0 Å². The molecule has 0 unspecified atom stereocenters. The number of nitrogens with one attached hydrogen (secondary N) is 1. The summed E-state index contributed by atoms with van der Waals surface area (Å²) in [5.41, 5.74) is 2.24. The number of benzene rings is 2. The fourth-order valence-corrected chi connectivity index (χ4v) is 2.90. The van der Waals surface area contributed by atoms with Gasteiger partial charge in [0.2, 0.25) is 5.91 Å². The zero-order valence-corrected chi connectivity index (χ0v) is 15.3. The molecule has 2 aromatic rings. The summed E-state index contributed by atoms with van der Waals surface area (Å²) in [6.45, 7) is 2.39. The van der Waals surface area contributed by atoms with Gasteiger partial charge in [0.15, 0.2) is 0 Å². The van der Waals surface area contributed by atoms with Gasteiger partial charge in [0, 0.05) is 28.8 Å². The van der Waals surface area contributed by atoms with Gasteiger partial charge in [-0.3, -0.25) is 9.59 Å². The molecule has 0 radical (unpaired) electrons. The summed E-state index contributed by atoms with van der Waals surface area (Å²) in [6.07, 6.45) is 0.307. The molecule has 1 aliphatic heterocycles. The third-order valence-corrected chi connectivity index (χ3v) is 4.52. The zero-order valence-electron chi connectivity index (χ0n) is 13.7. The largest absolute Gasteiger partial charge is 0.378 e. The van der Waals surface area contributed by atoms with Crippen LogP contribution in [0.5, 0.6) is 0 Å². The Morgan fingerprint density at radius 2 is 1.64 bits per heavy atom. The molecule has 0 bridgehead atoms. The quantitative estimate of drug-likeness (QED) is 0.854. The van der Waals surface area contributed by atoms with E-state index >= 15 is 0 Å². The Balaban J connectivity index is 1.57. The van der Waals surface area contributed by atoms with E-state index in [-0.39, 0.29) is 11.8 Å². The number of rotatable bonds is 4. The third kappa shape index (κ3) is 4.90. The van der Waals surface area contributed by atoms with Gasteiger partial charge in [-0.1, -0.05) is 28.1 Å². The molecule has 2 amide bonds. The van der Waals surface area contributed by atoms with Crippen LogP contribution < -0.4 is 5.32 Å². The van der Waals surface area contributed by atoms with Crippen molar-refractivity contribution < 1.29 is 14.3 Å². The molecule has 1 saturated heterocycles. The van der Waals surface area contributed by atoms with Gasteiger partial charge < -0.3 is 15.0 Å². The number of halogens is 1. The Hall–Kier alpha value is -2.18. The van der Waals surface area contributed by atoms with E-state index in [0.717, 1.165) is 10.0 Å². The third-order valence-electron chi connectivity index (χ3n) is 3.99. The van der Waals surface area contributed by atoms with Crippen LogP contribution in [0.2, 0.25) is 0 Å². The first-order chi connectivity index (χ1) is 12.1. The highest BCUT2D eigenvalue weighted by molar-refractivity contribution is 9.10. The molecule has 0 spiro atoms. The number of anilines is 1. The van der Waals surface area contributed by atoms with Gasteiger partial charge >= 0.3 is 0 Å². The lowest BCUT2D eigenvalue weighted by Gasteiger charge is -2.26. The molecule has 1 fully saturated rings. The molecule has 0 saturated carbocycles. The second-order valence-electron chi connectivity index (χ2n) is 5.83. The first-order valence-corrected chi connectivity index (χ1v) is 8.92. The van der Waals surface area contributed by atoms with E-state index < -0.39 is 0 Å². The minimum absolute atomic E-state index is 0.00367. The maximum absolute atomic E-state index is 12.4. The second kappa shape index (κ2) is 8.27. The normalized spacial score (nSPS) is 14.2. The Morgan fingerprint density at radius 3 is 2.28 bits per heavy atom. The lowest BCUT2D eigenvalue weighted by molar-refractivity contribution is -0.115. The Morgan fingerprint density at radius 1 is 1.00 bits per heavy atom. The van der Waals surface area contributed by atoms with Crippen LogP contribution in [0.1, 0.15) is 15.9 Å². The van der Waals surface area contributed by atoms with Crippen LogP contribution >= 0.6 is 15.9 Å². The van der Waals surface area contributed by atoms with E-state index in [1.165, 1.54) is 0 Å². The van der Waals surface area contributed by atoms with Gasteiger partial charge in [0.25, 0.3) is 5.91 Å². The topological polar surface area (TPSA) is 58.6 Å². The van der Waals surface area contributed by atoms with Crippen LogP contribution in [0.3, 0.4) is 0 Å². The Kier molecular flexibility index (Phi) is 5.83. The van der Waals surface area contributed by atoms with Crippen molar-refractivity contribution in [3.8, 4) is 0 Å². The van der Waals surface area contributed by atoms with Crippen molar-refractivity contribution in [1.29, 1.82) is 0 Å². The molecule has 0 atom stereocenters. The second-order valence-corrected chi connectivity index (χ2v) is 6.75. The molecular formula is C19H19BrN2O3. The molecule has 5 nitrogen and oxygen atoms in total. The monoisotopic (exact) mass is 402 g/mol. The van der Waals surface area contributed by atoms with Crippen molar-refractivity contribution in [2.45, 2.75) is 6.42 Å². The van der Waals surface area contributed by atoms with Crippen molar-refractivity contribution in [3.05, 3.63) is 64.1 Å². The lowest BCUT2D eigenvalue weighted by Crippen LogP contribution is -2.40. The molecule has 2 aromatic carbocycles. The van der Waals surface area contributed by atoms with E-state index in [1.54, 1.807) is 29.2 Å². The number of morpholine rings is 1. The van der Waals surface area contributed by atoms with Crippen LogP contribution in [0.4, 0.5) is 5.69 Å². The molecule has 0 aliphatic carbocycles. The van der Waals surface area contributed by atoms with Gasteiger partial charge in [-0.25, -0.2) is 0 Å². The summed E-state index contributed by atoms with van der Waals surface area (Å²) in [5.74, 6) is -0.0920. The van der Waals surface area contributed by atoms with Crippen LogP contribution in [-0.2, 0) is 16.0 Å². The number of nitrogens with zero attached hydrogens (tertiary/aromatic N) is 1. The lowest BCUT2D eigenvalue weighted by atomic mass is 10.1. The number of carbonyl (C=O) groups is 2. The van der Waals surface area contributed by atoms with E-state index in [4.69, 9.17) is 4.74 Å². The van der Waals surface area contributed by atoms with Crippen LogP contribution in [-0.4, -0.2) is 43.0 Å². The maximum Gasteiger partial charge on any atom is 0.254 e. The standard InChI is InChI=1S/C19H19BrN2O3/c20-16-5-1-14(2-6-16)13-18(23)21-17-7-3-15(4-8-17)19(24)22-9-11-25-12-10-22/h1-8H,9-13H2,(H,21,23). The van der Waals surface area contributed by atoms with Gasteiger partial charge in [-0.05, 0) is 42.0 Å². The molecule has 1 heterocycles. The number of hydrogen-bond donors (Lipinski definition) is 1. The predicted octanol–water partition coefficient (Wildman–Crippen LogP) is 3.10. The van der Waals surface area contributed by atoms with Gasteiger partial charge in [0.1, 0.15) is 0 Å². The summed E-state index contributed by atoms with van der Waals surface area (Å²) in [5, 5.41) is 2.86. The molecule has 6 heteroatoms. The van der Waals surface area contributed by atoms with Gasteiger partial charge in [0.05, 0.1) is 19.6 Å². The van der Waals surface area contributed by atoms with Crippen LogP contribution in [0.15, 0.2) is 53.0 Å². The van der Waals surface area contributed by atoms with E-state index in [1.807, 2.05) is 24.3 Å². The van der Waals surface area contributed by atoms with E-state index in [0.29, 0.717) is 44.0 Å². The number of hydrogen-bond acceptors (Lipinski definition) is 3. The average Bonchev–Trinajstić information content (AvgIpc) is 2.64. The molecule has 1 N–H and O–H groups in total. The molecule has 0 aromatic heterocycles. The summed E-state index contributed by atoms with van der Waals surface area (Å²) in [7, 11) is 0. The van der Waals surface area contributed by atoms with Crippen molar-refractivity contribution in [2.24, 2.45) is 0 Å². The summed E-state index contributed by atoms with van der Waals surface area (Å²) in [6, 6.07) is 14.6. The number of amides is 2. The van der Waals surface area contributed by atoms with E-state index in [9.17, 15) is 9.59 Å². The summed E-state index contributed by atoms with van der Waals surface area (Å²) < 4.78 is 6.24. The SMILES string of the molecule is O=C(Cc1ccc(Br)cc1)Nc1ccc(C(=O)N2CCOCC2)cc1. The zero-order chi connectivity index (χ0) is 17.6. The minimum atomic E-state index is -0.0884. The molecule has 25 heavy (non-hydrogen) atoms. The van der Waals surface area contributed by atoms with Crippen molar-refractivity contribution in [1.82, 2.24) is 4.90 Å². The Bertz CT molecular complexity index is 738. The van der Waals surface area contributed by atoms with Crippen molar-refractivity contribution >= 4 is 33.4 Å². The minimum Gasteiger partial charge on any atom is -0.378 e. The smallest absolute Gasteiger partial charge is 0.254 e. The van der Waals surface area contributed by atoms with Crippen LogP contribution in [0.25, 0.3) is 0 Å². The highest BCUT2D eigenvalue weighted by atomic mass is 79.9. The molecule has 130 valence electrons. The van der Waals surface area contributed by atoms with E-state index in [2.05, 4.69) is 21.2 Å². The molecule has 3 rings (SSSR count). The molecular weight excluding hydrogens is 384 g/mol. The highest BCUT2D eigenvalue weighted by Crippen LogP contribution is 2.14. The number of carbonyl (C=O) groups excluding carboxylic acids is 2. The first kappa shape index (κ1) is 17.6. The fraction of sp³-hybridized carbons (Fsp3) is 0.263. The Labute approximate surface area is 155 Å². The first-order valence-electron chi connectivity index (χ1n) is 8.13. The van der Waals surface area contributed by atoms with Crippen molar-refractivity contribution in [2.75, 3.05) is 31.6 Å². The average molecular weight is 403 g/mol. The highest BCUT2D eigenvalue weighted by Gasteiger charge is 2.18. The number of ether oxygens (including phenoxy) is 1. The van der Waals surface area contributed by atoms with Gasteiger partial charge in [-0.2, -0.15) is 0 Å². The van der Waals surface area contributed by atoms with Gasteiger partial charge in [-0.15, -0.1) is 0 Å². The summed E-state index contributed by atoms with van der Waals surface area (Å²) in [4.78, 5) is 26.3. The molecule has 1 aliphatic rings. The van der Waals surface area contributed by atoms with Crippen LogP contribution in [0, 0.1) is 0 Å². The fourth-order valence-electron chi connectivity index (χ4n) is 2.64. The maximum atomic E-state index is 12.4.